The van der Waals surface area contributed by atoms with E-state index in [1.54, 1.807) is 11.3 Å². The molecule has 0 unspecified atom stereocenters. The number of benzene rings is 1. The zero-order valence-electron chi connectivity index (χ0n) is 11.4. The largest absolute Gasteiger partial charge is 0.382 e. The molecule has 106 valence electrons. The monoisotopic (exact) mass is 352 g/mol. The Bertz CT molecular complexity index is 595. The van der Waals surface area contributed by atoms with Crippen LogP contribution in [0.4, 0.5) is 5.69 Å². The molecular formula is C15H17BrN2OS. The molecule has 0 aliphatic carbocycles. The number of amides is 1. The first-order chi connectivity index (χ1) is 9.56. The van der Waals surface area contributed by atoms with Gasteiger partial charge in [-0.3, -0.25) is 4.79 Å². The predicted molar refractivity (Wildman–Crippen MR) is 88.4 cm³/mol. The van der Waals surface area contributed by atoms with Gasteiger partial charge in [0.2, 0.25) is 0 Å². The van der Waals surface area contributed by atoms with Gasteiger partial charge in [0.15, 0.2) is 0 Å². The number of rotatable bonds is 5. The molecular weight excluding hydrogens is 336 g/mol. The Morgan fingerprint density at radius 3 is 2.65 bits per heavy atom. The Morgan fingerprint density at radius 1 is 1.25 bits per heavy atom. The van der Waals surface area contributed by atoms with Crippen LogP contribution in [-0.2, 0) is 6.54 Å². The van der Waals surface area contributed by atoms with E-state index in [4.69, 9.17) is 0 Å². The van der Waals surface area contributed by atoms with Crippen molar-refractivity contribution in [1.82, 2.24) is 5.32 Å². The lowest BCUT2D eigenvalue weighted by Gasteiger charge is -2.14. The first-order valence-electron chi connectivity index (χ1n) is 6.44. The molecule has 2 N–H and O–H groups in total. The molecule has 3 nitrogen and oxygen atoms in total. The maximum atomic E-state index is 12.3. The lowest BCUT2D eigenvalue weighted by atomic mass is 10.1. The fourth-order valence-electron chi connectivity index (χ4n) is 1.83. The van der Waals surface area contributed by atoms with Crippen LogP contribution in [0.25, 0.3) is 0 Å². The summed E-state index contributed by atoms with van der Waals surface area (Å²) in [4.78, 5) is 13.4. The minimum atomic E-state index is -0.0572. The number of anilines is 1. The van der Waals surface area contributed by atoms with Crippen molar-refractivity contribution in [2.75, 3.05) is 5.32 Å². The van der Waals surface area contributed by atoms with Crippen molar-refractivity contribution in [3.8, 4) is 0 Å². The minimum Gasteiger partial charge on any atom is -0.382 e. The van der Waals surface area contributed by atoms with Crippen molar-refractivity contribution in [3.63, 3.8) is 0 Å². The van der Waals surface area contributed by atoms with E-state index >= 15 is 0 Å². The second-order valence-corrected chi connectivity index (χ2v) is 7.28. The lowest BCUT2D eigenvalue weighted by molar-refractivity contribution is 0.0952. The molecule has 1 heterocycles. The molecule has 2 rings (SSSR count). The number of para-hydroxylation sites is 1. The molecule has 0 bridgehead atoms. The third kappa shape index (κ3) is 4.08. The van der Waals surface area contributed by atoms with Crippen molar-refractivity contribution in [2.24, 2.45) is 0 Å². The average Bonchev–Trinajstić information content (AvgIpc) is 2.82. The maximum Gasteiger partial charge on any atom is 0.253 e. The third-order valence-corrected chi connectivity index (χ3v) is 4.29. The van der Waals surface area contributed by atoms with Crippen LogP contribution in [-0.4, -0.2) is 11.9 Å². The highest BCUT2D eigenvalue weighted by Gasteiger charge is 2.11. The molecule has 1 amide bonds. The Balaban J connectivity index is 2.05. The number of nitrogens with one attached hydrogen (secondary N) is 2. The Labute approximate surface area is 131 Å². The fraction of sp³-hybridized carbons (Fsp3) is 0.267. The van der Waals surface area contributed by atoms with Crippen LogP contribution in [0.2, 0.25) is 0 Å². The smallest absolute Gasteiger partial charge is 0.253 e. The van der Waals surface area contributed by atoms with Crippen LogP contribution in [0.5, 0.6) is 0 Å². The molecule has 0 saturated carbocycles. The molecule has 1 aromatic heterocycles. The van der Waals surface area contributed by atoms with Crippen molar-refractivity contribution < 1.29 is 4.79 Å². The molecule has 0 radical (unpaired) electrons. The minimum absolute atomic E-state index is 0.0572. The number of carbonyl (C=O) groups is 1. The number of hydrogen-bond donors (Lipinski definition) is 2. The van der Waals surface area contributed by atoms with Gasteiger partial charge in [0.1, 0.15) is 0 Å². The summed E-state index contributed by atoms with van der Waals surface area (Å²) in [7, 11) is 0. The summed E-state index contributed by atoms with van der Waals surface area (Å²) in [6.07, 6.45) is 0. The van der Waals surface area contributed by atoms with Gasteiger partial charge in [0.25, 0.3) is 5.91 Å². The fourth-order valence-corrected chi connectivity index (χ4v) is 3.25. The molecule has 2 aromatic rings. The van der Waals surface area contributed by atoms with Crippen molar-refractivity contribution in [2.45, 2.75) is 26.4 Å². The summed E-state index contributed by atoms with van der Waals surface area (Å²) in [6, 6.07) is 11.9. The Kier molecular flexibility index (Phi) is 5.20. The van der Waals surface area contributed by atoms with Gasteiger partial charge in [-0.2, -0.15) is 0 Å². The van der Waals surface area contributed by atoms with Gasteiger partial charge >= 0.3 is 0 Å². The first kappa shape index (κ1) is 15.1. The molecule has 0 spiro atoms. The van der Waals surface area contributed by atoms with Gasteiger partial charge in [0, 0.05) is 16.6 Å². The second-order valence-electron chi connectivity index (χ2n) is 4.73. The molecule has 0 aliphatic heterocycles. The predicted octanol–water partition coefficient (Wildman–Crippen LogP) is 4.26. The normalized spacial score (nSPS) is 10.6. The van der Waals surface area contributed by atoms with E-state index in [2.05, 4.69) is 40.4 Å². The van der Waals surface area contributed by atoms with Crippen molar-refractivity contribution in [3.05, 3.63) is 50.6 Å². The lowest BCUT2D eigenvalue weighted by Crippen LogP contribution is -2.24. The highest BCUT2D eigenvalue weighted by atomic mass is 79.9. The quantitative estimate of drug-likeness (QED) is 0.843. The molecule has 1 aromatic carbocycles. The van der Waals surface area contributed by atoms with Crippen molar-refractivity contribution in [1.29, 1.82) is 0 Å². The molecule has 0 atom stereocenters. The topological polar surface area (TPSA) is 41.1 Å². The van der Waals surface area contributed by atoms with Gasteiger partial charge in [-0.15, -0.1) is 11.3 Å². The number of halogens is 1. The van der Waals surface area contributed by atoms with E-state index < -0.39 is 0 Å². The van der Waals surface area contributed by atoms with Crippen LogP contribution < -0.4 is 10.6 Å². The molecule has 5 heteroatoms. The van der Waals surface area contributed by atoms with Gasteiger partial charge in [0.05, 0.1) is 15.9 Å². The average molecular weight is 353 g/mol. The summed E-state index contributed by atoms with van der Waals surface area (Å²) in [6.45, 7) is 4.65. The third-order valence-electron chi connectivity index (χ3n) is 2.67. The second kappa shape index (κ2) is 6.90. The molecule has 0 fully saturated rings. The zero-order chi connectivity index (χ0) is 14.5. The van der Waals surface area contributed by atoms with Crippen LogP contribution in [0, 0.1) is 0 Å². The van der Waals surface area contributed by atoms with Crippen LogP contribution in [0.15, 0.2) is 40.2 Å². The summed E-state index contributed by atoms with van der Waals surface area (Å²) in [5.74, 6) is -0.0572. The van der Waals surface area contributed by atoms with Crippen molar-refractivity contribution >= 4 is 38.9 Å². The standard InChI is InChI=1S/C15H17BrN2OS/c1-10(2)18-13-6-4-3-5-12(13)15(19)17-9-11-7-8-14(16)20-11/h3-8,10,18H,9H2,1-2H3,(H,17,19). The Hall–Kier alpha value is -1.33. The first-order valence-corrected chi connectivity index (χ1v) is 8.05. The Morgan fingerprint density at radius 2 is 2.00 bits per heavy atom. The summed E-state index contributed by atoms with van der Waals surface area (Å²) in [5, 5.41) is 6.24. The van der Waals surface area contributed by atoms with Gasteiger partial charge in [-0.25, -0.2) is 0 Å². The molecule has 0 saturated heterocycles. The van der Waals surface area contributed by atoms with E-state index in [0.29, 0.717) is 12.1 Å². The number of carbonyl (C=O) groups excluding carboxylic acids is 1. The summed E-state index contributed by atoms with van der Waals surface area (Å²) >= 11 is 5.04. The number of thiophene rings is 1. The number of hydrogen-bond acceptors (Lipinski definition) is 3. The van der Waals surface area contributed by atoms with E-state index in [0.717, 1.165) is 14.4 Å². The van der Waals surface area contributed by atoms with Crippen LogP contribution in [0.3, 0.4) is 0 Å². The highest BCUT2D eigenvalue weighted by molar-refractivity contribution is 9.11. The SMILES string of the molecule is CC(C)Nc1ccccc1C(=O)NCc1ccc(Br)s1. The van der Waals surface area contributed by atoms with Crippen LogP contribution in [0.1, 0.15) is 29.1 Å². The zero-order valence-corrected chi connectivity index (χ0v) is 13.8. The summed E-state index contributed by atoms with van der Waals surface area (Å²) in [5.41, 5.74) is 1.55. The van der Waals surface area contributed by atoms with Crippen LogP contribution >= 0.6 is 27.3 Å². The van der Waals surface area contributed by atoms with E-state index in [1.165, 1.54) is 0 Å². The highest BCUT2D eigenvalue weighted by Crippen LogP contribution is 2.22. The molecule has 0 aliphatic rings. The van der Waals surface area contributed by atoms with E-state index in [-0.39, 0.29) is 11.9 Å². The van der Waals surface area contributed by atoms with Gasteiger partial charge in [-0.1, -0.05) is 12.1 Å². The van der Waals surface area contributed by atoms with E-state index in [9.17, 15) is 4.79 Å². The summed E-state index contributed by atoms with van der Waals surface area (Å²) < 4.78 is 1.07. The van der Waals surface area contributed by atoms with Gasteiger partial charge in [-0.05, 0) is 54.0 Å². The molecule has 20 heavy (non-hydrogen) atoms. The maximum absolute atomic E-state index is 12.3. The van der Waals surface area contributed by atoms with Gasteiger partial charge < -0.3 is 10.6 Å². The van der Waals surface area contributed by atoms with E-state index in [1.807, 2.05) is 36.4 Å².